The number of halogens is 2. The third kappa shape index (κ3) is 5.48. The summed E-state index contributed by atoms with van der Waals surface area (Å²) in [7, 11) is 1.64. The second kappa shape index (κ2) is 8.42. The van der Waals surface area contributed by atoms with Gasteiger partial charge in [0.25, 0.3) is 0 Å². The Morgan fingerprint density at radius 3 is 2.70 bits per heavy atom. The summed E-state index contributed by atoms with van der Waals surface area (Å²) >= 11 is 1.60. The second-order valence-corrected chi connectivity index (χ2v) is 5.95. The first-order valence-electron chi connectivity index (χ1n) is 6.97. The number of thiazole rings is 1. The lowest BCUT2D eigenvalue weighted by molar-refractivity contribution is -0.0504. The van der Waals surface area contributed by atoms with Crippen LogP contribution in [0.25, 0.3) is 0 Å². The third-order valence-corrected chi connectivity index (χ3v) is 3.85. The number of aryl methyl sites for hydroxylation is 1. The van der Waals surface area contributed by atoms with Gasteiger partial charge in [-0.2, -0.15) is 8.78 Å². The van der Waals surface area contributed by atoms with Crippen LogP contribution in [0.5, 0.6) is 5.75 Å². The summed E-state index contributed by atoms with van der Waals surface area (Å²) in [6, 6.07) is 6.66. The second-order valence-electron chi connectivity index (χ2n) is 4.63. The van der Waals surface area contributed by atoms with Gasteiger partial charge in [-0.1, -0.05) is 18.2 Å². The largest absolute Gasteiger partial charge is 0.434 e. The number of benzene rings is 1. The van der Waals surface area contributed by atoms with Gasteiger partial charge >= 0.3 is 6.61 Å². The van der Waals surface area contributed by atoms with Crippen molar-refractivity contribution >= 4 is 17.3 Å². The Hall–Kier alpha value is -2.22. The molecule has 124 valence electrons. The lowest BCUT2D eigenvalue weighted by Gasteiger charge is -2.14. The number of hydrogen-bond donors (Lipinski definition) is 2. The normalized spacial score (nSPS) is 11.6. The molecule has 0 aliphatic rings. The number of rotatable bonds is 6. The molecule has 1 aromatic heterocycles. The Kier molecular flexibility index (Phi) is 6.28. The van der Waals surface area contributed by atoms with Gasteiger partial charge in [0.1, 0.15) is 10.8 Å². The molecule has 0 saturated carbocycles. The Morgan fingerprint density at radius 2 is 2.04 bits per heavy atom. The van der Waals surface area contributed by atoms with E-state index in [1.54, 1.807) is 36.6 Å². The monoisotopic (exact) mass is 340 g/mol. The fraction of sp³-hybridized carbons (Fsp3) is 0.333. The number of guanidine groups is 1. The van der Waals surface area contributed by atoms with E-state index in [4.69, 9.17) is 0 Å². The predicted octanol–water partition coefficient (Wildman–Crippen LogP) is 2.92. The van der Waals surface area contributed by atoms with Crippen LogP contribution >= 0.6 is 11.3 Å². The average molecular weight is 340 g/mol. The van der Waals surface area contributed by atoms with Gasteiger partial charge in [0.05, 0.1) is 6.54 Å². The van der Waals surface area contributed by atoms with E-state index in [0.717, 1.165) is 9.88 Å². The molecule has 0 spiro atoms. The van der Waals surface area contributed by atoms with Crippen molar-refractivity contribution in [2.24, 2.45) is 4.99 Å². The van der Waals surface area contributed by atoms with Crippen LogP contribution < -0.4 is 15.4 Å². The van der Waals surface area contributed by atoms with Gasteiger partial charge in [0, 0.05) is 30.2 Å². The molecule has 0 atom stereocenters. The number of hydrogen-bond acceptors (Lipinski definition) is 4. The van der Waals surface area contributed by atoms with Crippen LogP contribution in [0.15, 0.2) is 35.5 Å². The van der Waals surface area contributed by atoms with Gasteiger partial charge in [-0.15, -0.1) is 11.3 Å². The minimum atomic E-state index is -2.85. The fourth-order valence-corrected chi connectivity index (χ4v) is 2.63. The van der Waals surface area contributed by atoms with Gasteiger partial charge in [-0.3, -0.25) is 4.99 Å². The highest BCUT2D eigenvalue weighted by Gasteiger charge is 2.09. The Balaban J connectivity index is 1.90. The molecule has 0 aliphatic carbocycles. The molecule has 0 amide bonds. The van der Waals surface area contributed by atoms with Crippen molar-refractivity contribution in [3.63, 3.8) is 0 Å². The van der Waals surface area contributed by atoms with Crippen molar-refractivity contribution in [1.82, 2.24) is 15.6 Å². The van der Waals surface area contributed by atoms with Crippen molar-refractivity contribution < 1.29 is 13.5 Å². The average Bonchev–Trinajstić information content (AvgIpc) is 2.94. The van der Waals surface area contributed by atoms with E-state index in [1.807, 2.05) is 13.1 Å². The number of nitrogens with one attached hydrogen (secondary N) is 2. The van der Waals surface area contributed by atoms with E-state index in [0.29, 0.717) is 24.6 Å². The van der Waals surface area contributed by atoms with Gasteiger partial charge < -0.3 is 15.4 Å². The van der Waals surface area contributed by atoms with Gasteiger partial charge in [-0.25, -0.2) is 4.98 Å². The summed E-state index contributed by atoms with van der Waals surface area (Å²) in [6.45, 7) is 0.0165. The predicted molar refractivity (Wildman–Crippen MR) is 87.0 cm³/mol. The molecular weight excluding hydrogens is 322 g/mol. The number of aromatic nitrogens is 1. The van der Waals surface area contributed by atoms with Crippen LogP contribution in [0, 0.1) is 6.92 Å². The summed E-state index contributed by atoms with van der Waals surface area (Å²) in [5.41, 5.74) is 0.626. The van der Waals surface area contributed by atoms with Crippen molar-refractivity contribution in [3.05, 3.63) is 45.9 Å². The van der Waals surface area contributed by atoms with Crippen LogP contribution in [0.3, 0.4) is 0 Å². The third-order valence-electron chi connectivity index (χ3n) is 2.93. The van der Waals surface area contributed by atoms with E-state index in [-0.39, 0.29) is 5.75 Å². The maximum atomic E-state index is 12.4. The molecule has 2 rings (SSSR count). The molecule has 0 aliphatic heterocycles. The van der Waals surface area contributed by atoms with E-state index in [2.05, 4.69) is 25.3 Å². The zero-order chi connectivity index (χ0) is 16.7. The standard InChI is InChI=1S/C15H18F2N4OS/c1-10-7-19-13(23-10)9-21-15(18-2)20-8-11-5-3-4-6-12(11)22-14(16)17/h3-7,14H,8-9H2,1-2H3,(H2,18,20,21). The van der Waals surface area contributed by atoms with Crippen LogP contribution in [0.2, 0.25) is 0 Å². The molecule has 23 heavy (non-hydrogen) atoms. The Morgan fingerprint density at radius 1 is 1.30 bits per heavy atom. The molecule has 2 N–H and O–H groups in total. The van der Waals surface area contributed by atoms with Gasteiger partial charge in [0.15, 0.2) is 5.96 Å². The first-order chi connectivity index (χ1) is 11.1. The van der Waals surface area contributed by atoms with Gasteiger partial charge in [0.2, 0.25) is 0 Å². The first-order valence-corrected chi connectivity index (χ1v) is 7.78. The smallest absolute Gasteiger partial charge is 0.387 e. The van der Waals surface area contributed by atoms with Crippen LogP contribution in [-0.2, 0) is 13.1 Å². The number of aliphatic imine (C=N–C) groups is 1. The van der Waals surface area contributed by atoms with Crippen molar-refractivity contribution in [1.29, 1.82) is 0 Å². The van der Waals surface area contributed by atoms with Crippen molar-refractivity contribution in [2.45, 2.75) is 26.6 Å². The summed E-state index contributed by atoms with van der Waals surface area (Å²) < 4.78 is 29.3. The summed E-state index contributed by atoms with van der Waals surface area (Å²) in [6.07, 6.45) is 1.82. The summed E-state index contributed by atoms with van der Waals surface area (Å²) in [5.74, 6) is 0.714. The van der Waals surface area contributed by atoms with E-state index >= 15 is 0 Å². The molecule has 0 unspecified atom stereocenters. The Bertz CT molecular complexity index is 660. The number of ether oxygens (including phenoxy) is 1. The molecule has 0 fully saturated rings. The maximum absolute atomic E-state index is 12.4. The van der Waals surface area contributed by atoms with E-state index in [1.165, 1.54) is 6.07 Å². The molecule has 0 radical (unpaired) electrons. The molecule has 1 heterocycles. The minimum Gasteiger partial charge on any atom is -0.434 e. The number of alkyl halides is 2. The highest BCUT2D eigenvalue weighted by Crippen LogP contribution is 2.19. The van der Waals surface area contributed by atoms with Crippen molar-refractivity contribution in [2.75, 3.05) is 7.05 Å². The lowest BCUT2D eigenvalue weighted by Crippen LogP contribution is -2.36. The quantitative estimate of drug-likeness (QED) is 0.627. The molecular formula is C15H18F2N4OS. The molecule has 1 aromatic carbocycles. The number of nitrogens with zero attached hydrogens (tertiary/aromatic N) is 2. The van der Waals surface area contributed by atoms with Crippen molar-refractivity contribution in [3.8, 4) is 5.75 Å². The minimum absolute atomic E-state index is 0.154. The molecule has 2 aromatic rings. The zero-order valence-corrected chi connectivity index (χ0v) is 13.7. The van der Waals surface area contributed by atoms with Gasteiger partial charge in [-0.05, 0) is 13.0 Å². The SMILES string of the molecule is CN=C(NCc1ncc(C)s1)NCc1ccccc1OC(F)F. The summed E-state index contributed by atoms with van der Waals surface area (Å²) in [5, 5.41) is 7.15. The highest BCUT2D eigenvalue weighted by atomic mass is 32.1. The lowest BCUT2D eigenvalue weighted by atomic mass is 10.2. The van der Waals surface area contributed by atoms with Crippen LogP contribution in [0.1, 0.15) is 15.4 Å². The first kappa shape index (κ1) is 17.1. The van der Waals surface area contributed by atoms with E-state index < -0.39 is 6.61 Å². The topological polar surface area (TPSA) is 58.5 Å². The Labute approximate surface area is 137 Å². The zero-order valence-electron chi connectivity index (χ0n) is 12.8. The molecule has 0 saturated heterocycles. The maximum Gasteiger partial charge on any atom is 0.387 e. The molecule has 0 bridgehead atoms. The summed E-state index contributed by atoms with van der Waals surface area (Å²) in [4.78, 5) is 9.50. The van der Waals surface area contributed by atoms with E-state index in [9.17, 15) is 8.78 Å². The number of para-hydroxylation sites is 1. The fourth-order valence-electron chi connectivity index (χ4n) is 1.90. The molecule has 8 heteroatoms. The van der Waals surface area contributed by atoms with Crippen LogP contribution in [0.4, 0.5) is 8.78 Å². The highest BCUT2D eigenvalue weighted by molar-refractivity contribution is 7.11. The molecule has 5 nitrogen and oxygen atoms in total. The van der Waals surface area contributed by atoms with Crippen LogP contribution in [-0.4, -0.2) is 24.6 Å².